The Hall–Kier alpha value is -2.65. The van der Waals surface area contributed by atoms with Crippen LogP contribution < -0.4 is 5.32 Å². The van der Waals surface area contributed by atoms with Gasteiger partial charge in [0.2, 0.25) is 5.91 Å². The Morgan fingerprint density at radius 2 is 1.33 bits per heavy atom. The van der Waals surface area contributed by atoms with E-state index in [-0.39, 0.29) is 11.7 Å². The van der Waals surface area contributed by atoms with E-state index in [9.17, 15) is 14.4 Å². The second-order valence-corrected chi connectivity index (χ2v) is 3.79. The van der Waals surface area contributed by atoms with Crippen molar-refractivity contribution in [1.82, 2.24) is 0 Å². The Kier molecular flexibility index (Phi) is 7.43. The minimum absolute atomic E-state index is 0.115. The molecule has 2 atom stereocenters. The highest BCUT2D eigenvalue weighted by molar-refractivity contribution is 5.88. The van der Waals surface area contributed by atoms with Gasteiger partial charge in [0.05, 0.1) is 0 Å². The Balaban J connectivity index is 0.000000384. The number of aliphatic hydroxyl groups excluding tert-OH is 2. The maximum atomic E-state index is 10.5. The van der Waals surface area contributed by atoms with Crippen LogP contribution in [0.25, 0.3) is 0 Å². The van der Waals surface area contributed by atoms with Crippen LogP contribution in [0.4, 0.5) is 5.69 Å². The van der Waals surface area contributed by atoms with Crippen molar-refractivity contribution in [2.24, 2.45) is 0 Å². The molecule has 6 N–H and O–H groups in total. The standard InChI is InChI=1S/C8H9NO2.C4H6O6/c1-6(10)9-7-2-4-8(11)5-3-7;5-1(3(7)8)2(6)4(9)10/h2-5,11H,1H3,(H,9,10);1-2,5-6H,(H,7,8)(H,9,10). The normalized spacial score (nSPS) is 12.3. The molecule has 0 bridgehead atoms. The van der Waals surface area contributed by atoms with Crippen LogP contribution >= 0.6 is 0 Å². The number of aliphatic hydroxyl groups is 2. The van der Waals surface area contributed by atoms with Crippen molar-refractivity contribution >= 4 is 23.5 Å². The largest absolute Gasteiger partial charge is 0.508 e. The number of nitrogens with one attached hydrogen (secondary N) is 1. The van der Waals surface area contributed by atoms with E-state index in [2.05, 4.69) is 5.32 Å². The molecule has 0 spiro atoms. The fraction of sp³-hybridized carbons (Fsp3) is 0.250. The highest BCUT2D eigenvalue weighted by Crippen LogP contribution is 2.13. The number of hydrogen-bond acceptors (Lipinski definition) is 6. The Bertz CT molecular complexity index is 480. The van der Waals surface area contributed by atoms with Crippen molar-refractivity contribution < 1.29 is 39.9 Å². The number of carboxylic acid groups (broad SMARTS) is 2. The summed E-state index contributed by atoms with van der Waals surface area (Å²) in [4.78, 5) is 30.1. The average Bonchev–Trinajstić information content (AvgIpc) is 2.39. The van der Waals surface area contributed by atoms with Crippen molar-refractivity contribution in [2.45, 2.75) is 19.1 Å². The van der Waals surface area contributed by atoms with Crippen LogP contribution in [-0.2, 0) is 14.4 Å². The number of phenolic OH excluding ortho intramolecular Hbond substituents is 1. The lowest BCUT2D eigenvalue weighted by Gasteiger charge is -2.07. The van der Waals surface area contributed by atoms with E-state index in [4.69, 9.17) is 25.5 Å². The van der Waals surface area contributed by atoms with E-state index in [0.717, 1.165) is 0 Å². The van der Waals surface area contributed by atoms with Gasteiger partial charge < -0.3 is 30.8 Å². The van der Waals surface area contributed by atoms with Gasteiger partial charge in [-0.15, -0.1) is 0 Å². The topological polar surface area (TPSA) is 164 Å². The summed E-state index contributed by atoms with van der Waals surface area (Å²) in [7, 11) is 0. The number of phenols is 1. The quantitative estimate of drug-likeness (QED) is 0.394. The molecule has 0 heterocycles. The lowest BCUT2D eigenvalue weighted by atomic mass is 10.2. The number of carboxylic acids is 2. The van der Waals surface area contributed by atoms with Gasteiger partial charge in [0.25, 0.3) is 0 Å². The first-order chi connectivity index (χ1) is 9.65. The van der Waals surface area contributed by atoms with Crippen LogP contribution in [-0.4, -0.2) is 55.6 Å². The SMILES string of the molecule is CC(=O)Nc1ccc(O)cc1.O=C(O)C(O)C(O)C(=O)O. The number of aliphatic carboxylic acids is 2. The smallest absolute Gasteiger partial charge is 0.335 e. The zero-order valence-corrected chi connectivity index (χ0v) is 10.9. The molecule has 2 unspecified atom stereocenters. The molecular formula is C12H15NO8. The lowest BCUT2D eigenvalue weighted by molar-refractivity contribution is -0.165. The second kappa shape index (κ2) is 8.51. The first kappa shape index (κ1) is 18.4. The molecule has 1 aromatic carbocycles. The van der Waals surface area contributed by atoms with Crippen LogP contribution in [0.2, 0.25) is 0 Å². The Morgan fingerprint density at radius 1 is 0.952 bits per heavy atom. The molecule has 9 heteroatoms. The average molecular weight is 301 g/mol. The number of aromatic hydroxyl groups is 1. The predicted molar refractivity (Wildman–Crippen MR) is 69.7 cm³/mol. The van der Waals surface area contributed by atoms with E-state index in [0.29, 0.717) is 5.69 Å². The molecule has 1 amide bonds. The zero-order chi connectivity index (χ0) is 16.6. The Morgan fingerprint density at radius 3 is 1.62 bits per heavy atom. The molecule has 0 saturated carbocycles. The fourth-order valence-corrected chi connectivity index (χ4v) is 1.02. The van der Waals surface area contributed by atoms with E-state index < -0.39 is 24.1 Å². The van der Waals surface area contributed by atoms with Crippen molar-refractivity contribution in [3.63, 3.8) is 0 Å². The van der Waals surface area contributed by atoms with Crippen LogP contribution in [0.3, 0.4) is 0 Å². The molecule has 0 radical (unpaired) electrons. The van der Waals surface area contributed by atoms with Gasteiger partial charge in [0.15, 0.2) is 12.2 Å². The van der Waals surface area contributed by atoms with Gasteiger partial charge in [-0.3, -0.25) is 4.79 Å². The van der Waals surface area contributed by atoms with Crippen molar-refractivity contribution in [3.05, 3.63) is 24.3 Å². The lowest BCUT2D eigenvalue weighted by Crippen LogP contribution is -2.39. The van der Waals surface area contributed by atoms with E-state index in [1.807, 2.05) is 0 Å². The molecule has 0 saturated heterocycles. The summed E-state index contributed by atoms with van der Waals surface area (Å²) in [5.41, 5.74) is 0.690. The van der Waals surface area contributed by atoms with Crippen molar-refractivity contribution in [1.29, 1.82) is 0 Å². The van der Waals surface area contributed by atoms with E-state index >= 15 is 0 Å². The number of carbonyl (C=O) groups is 3. The van der Waals surface area contributed by atoms with Gasteiger partial charge in [0, 0.05) is 12.6 Å². The number of anilines is 1. The number of benzene rings is 1. The van der Waals surface area contributed by atoms with Gasteiger partial charge in [-0.2, -0.15) is 0 Å². The molecule has 0 aromatic heterocycles. The maximum absolute atomic E-state index is 10.5. The van der Waals surface area contributed by atoms with Crippen molar-refractivity contribution in [2.75, 3.05) is 5.32 Å². The molecule has 9 nitrogen and oxygen atoms in total. The predicted octanol–water partition coefficient (Wildman–Crippen LogP) is -0.772. The van der Waals surface area contributed by atoms with Crippen LogP contribution in [0.5, 0.6) is 5.75 Å². The summed E-state index contributed by atoms with van der Waals surface area (Å²) in [6, 6.07) is 6.31. The molecule has 1 aromatic rings. The van der Waals surface area contributed by atoms with Gasteiger partial charge in [0.1, 0.15) is 5.75 Å². The maximum Gasteiger partial charge on any atom is 0.335 e. The third-order valence-corrected chi connectivity index (χ3v) is 1.99. The first-order valence-corrected chi connectivity index (χ1v) is 5.53. The summed E-state index contributed by atoms with van der Waals surface area (Å²) >= 11 is 0. The number of carbonyl (C=O) groups excluding carboxylic acids is 1. The third kappa shape index (κ3) is 7.50. The minimum Gasteiger partial charge on any atom is -0.508 e. The number of hydrogen-bond donors (Lipinski definition) is 6. The summed E-state index contributed by atoms with van der Waals surface area (Å²) in [5.74, 6) is -3.46. The molecule has 0 aliphatic heterocycles. The zero-order valence-electron chi connectivity index (χ0n) is 10.9. The second-order valence-electron chi connectivity index (χ2n) is 3.79. The summed E-state index contributed by atoms with van der Waals surface area (Å²) in [6.45, 7) is 1.44. The van der Waals surface area contributed by atoms with E-state index in [1.165, 1.54) is 19.1 Å². The molecular weight excluding hydrogens is 286 g/mol. The Labute approximate surface area is 119 Å². The van der Waals surface area contributed by atoms with Gasteiger partial charge in [-0.05, 0) is 24.3 Å². The molecule has 116 valence electrons. The van der Waals surface area contributed by atoms with Gasteiger partial charge >= 0.3 is 11.9 Å². The first-order valence-electron chi connectivity index (χ1n) is 5.53. The highest BCUT2D eigenvalue weighted by Gasteiger charge is 2.29. The summed E-state index contributed by atoms with van der Waals surface area (Å²) < 4.78 is 0. The number of rotatable bonds is 4. The molecule has 0 fully saturated rings. The van der Waals surface area contributed by atoms with Crippen LogP contribution in [0.1, 0.15) is 6.92 Å². The van der Waals surface area contributed by atoms with Crippen LogP contribution in [0.15, 0.2) is 24.3 Å². The van der Waals surface area contributed by atoms with Crippen LogP contribution in [0, 0.1) is 0 Å². The molecule has 1 rings (SSSR count). The summed E-state index contributed by atoms with van der Waals surface area (Å²) in [6.07, 6.45) is -4.53. The van der Waals surface area contributed by atoms with Crippen molar-refractivity contribution in [3.8, 4) is 5.75 Å². The monoisotopic (exact) mass is 301 g/mol. The fourth-order valence-electron chi connectivity index (χ4n) is 1.02. The minimum atomic E-state index is -2.27. The molecule has 0 aliphatic carbocycles. The van der Waals surface area contributed by atoms with E-state index in [1.54, 1.807) is 12.1 Å². The molecule has 0 aliphatic rings. The third-order valence-electron chi connectivity index (χ3n) is 1.99. The molecule has 21 heavy (non-hydrogen) atoms. The van der Waals surface area contributed by atoms with Gasteiger partial charge in [-0.25, -0.2) is 9.59 Å². The highest BCUT2D eigenvalue weighted by atomic mass is 16.4. The van der Waals surface area contributed by atoms with Gasteiger partial charge in [-0.1, -0.05) is 0 Å². The summed E-state index contributed by atoms with van der Waals surface area (Å²) in [5, 5.41) is 44.0. The number of amides is 1.